The lowest BCUT2D eigenvalue weighted by Gasteiger charge is -2.19. The van der Waals surface area contributed by atoms with Crippen LogP contribution < -0.4 is 5.32 Å². The molecule has 104 valence electrons. The summed E-state index contributed by atoms with van der Waals surface area (Å²) in [6.45, 7) is 5.90. The highest BCUT2D eigenvalue weighted by Crippen LogP contribution is 2.06. The van der Waals surface area contributed by atoms with Gasteiger partial charge in [-0.15, -0.1) is 12.6 Å². The number of hydrogen-bond acceptors (Lipinski definition) is 5. The number of rotatable bonds is 6. The van der Waals surface area contributed by atoms with E-state index in [2.05, 4.69) is 17.9 Å². The van der Waals surface area contributed by atoms with E-state index in [0.717, 1.165) is 0 Å². The number of carbonyl (C=O) groups is 2. The maximum Gasteiger partial charge on any atom is 0.407 e. The van der Waals surface area contributed by atoms with Crippen LogP contribution in [0.15, 0.2) is 0 Å². The van der Waals surface area contributed by atoms with E-state index in [1.54, 1.807) is 20.8 Å². The summed E-state index contributed by atoms with van der Waals surface area (Å²) in [4.78, 5) is 21.8. The minimum atomic E-state index is -0.521. The van der Waals surface area contributed by atoms with Crippen LogP contribution in [0.5, 0.6) is 0 Å². The Hall–Kier alpha value is -0.820. The van der Waals surface area contributed by atoms with Gasteiger partial charge in [0.1, 0.15) is 12.2 Å². The number of nitrogens with one attached hydrogen (secondary N) is 1. The molecule has 0 fully saturated rings. The van der Waals surface area contributed by atoms with Crippen LogP contribution in [-0.4, -0.2) is 35.0 Å². The highest BCUT2D eigenvalue weighted by molar-refractivity contribution is 7.96. The smallest absolute Gasteiger partial charge is 0.407 e. The van der Waals surface area contributed by atoms with Crippen molar-refractivity contribution in [3.8, 4) is 0 Å². The van der Waals surface area contributed by atoms with Crippen molar-refractivity contribution in [2.75, 3.05) is 13.2 Å². The lowest BCUT2D eigenvalue weighted by Crippen LogP contribution is -2.34. The Morgan fingerprint density at radius 3 is 2.39 bits per heavy atom. The van der Waals surface area contributed by atoms with Crippen LogP contribution in [0.4, 0.5) is 4.79 Å². The van der Waals surface area contributed by atoms with Crippen LogP contribution in [0, 0.1) is 0 Å². The molecule has 0 aromatic rings. The van der Waals surface area contributed by atoms with Gasteiger partial charge in [0, 0.05) is 12.8 Å². The third-order valence-electron chi connectivity index (χ3n) is 1.58. The zero-order chi connectivity index (χ0) is 14.2. The zero-order valence-electron chi connectivity index (χ0n) is 10.8. The van der Waals surface area contributed by atoms with Crippen molar-refractivity contribution < 1.29 is 19.1 Å². The number of hydrogen-bond donors (Lipinski definition) is 2. The first kappa shape index (κ1) is 17.2. The molecule has 0 spiro atoms. The average molecular weight is 293 g/mol. The van der Waals surface area contributed by atoms with Crippen molar-refractivity contribution in [2.45, 2.75) is 39.2 Å². The number of thiol groups is 1. The molecule has 1 amide bonds. The Morgan fingerprint density at radius 1 is 1.28 bits per heavy atom. The fourth-order valence-electron chi connectivity index (χ4n) is 0.913. The molecular weight excluding hydrogens is 274 g/mol. The lowest BCUT2D eigenvalue weighted by atomic mass is 10.2. The van der Waals surface area contributed by atoms with Gasteiger partial charge in [-0.1, -0.05) is 0 Å². The predicted octanol–water partition coefficient (Wildman–Crippen LogP) is 2.09. The second-order valence-electron chi connectivity index (χ2n) is 4.54. The van der Waals surface area contributed by atoms with E-state index in [1.807, 2.05) is 0 Å². The number of carbonyl (C=O) groups excluding carboxylic acids is 2. The summed E-state index contributed by atoms with van der Waals surface area (Å²) in [5.41, 5.74) is -0.521. The van der Waals surface area contributed by atoms with Gasteiger partial charge in [0.25, 0.3) is 0 Å². The van der Waals surface area contributed by atoms with Gasteiger partial charge in [-0.25, -0.2) is 4.79 Å². The highest BCUT2D eigenvalue weighted by Gasteiger charge is 2.15. The molecule has 0 bridgehead atoms. The summed E-state index contributed by atoms with van der Waals surface area (Å²) in [7, 11) is 0. The fraction of sp³-hybridized carbons (Fsp3) is 0.727. The molecule has 0 radical (unpaired) electrons. The van der Waals surface area contributed by atoms with Gasteiger partial charge < -0.3 is 14.8 Å². The van der Waals surface area contributed by atoms with Crippen LogP contribution in [0.2, 0.25) is 0 Å². The molecular formula is C11H19NO4S2. The summed E-state index contributed by atoms with van der Waals surface area (Å²) in [6, 6.07) is 0. The van der Waals surface area contributed by atoms with Crippen molar-refractivity contribution in [1.29, 1.82) is 0 Å². The molecule has 7 heteroatoms. The van der Waals surface area contributed by atoms with Crippen LogP contribution >= 0.6 is 24.8 Å². The Kier molecular flexibility index (Phi) is 7.93. The van der Waals surface area contributed by atoms with E-state index in [9.17, 15) is 9.59 Å². The third kappa shape index (κ3) is 11.7. The number of amides is 1. The molecule has 0 rings (SSSR count). The first-order valence-corrected chi connectivity index (χ1v) is 6.40. The predicted molar refractivity (Wildman–Crippen MR) is 76.0 cm³/mol. The fourth-order valence-corrected chi connectivity index (χ4v) is 1.21. The van der Waals surface area contributed by atoms with Crippen LogP contribution in [0.3, 0.4) is 0 Å². The summed E-state index contributed by atoms with van der Waals surface area (Å²) in [5.74, 6) is 0. The molecule has 0 aliphatic heterocycles. The average Bonchev–Trinajstić information content (AvgIpc) is 2.19. The van der Waals surface area contributed by atoms with Gasteiger partial charge in [-0.05, 0) is 33.0 Å². The van der Waals surface area contributed by atoms with Crippen molar-refractivity contribution in [3.05, 3.63) is 0 Å². The Balaban J connectivity index is 3.59. The van der Waals surface area contributed by atoms with Gasteiger partial charge in [-0.3, -0.25) is 4.79 Å². The molecule has 0 aliphatic rings. The first-order valence-electron chi connectivity index (χ1n) is 5.55. The van der Waals surface area contributed by atoms with E-state index in [4.69, 9.17) is 21.7 Å². The second kappa shape index (κ2) is 8.31. The molecule has 0 saturated carbocycles. The molecule has 0 unspecified atom stereocenters. The summed E-state index contributed by atoms with van der Waals surface area (Å²) < 4.78 is 10.2. The Bertz CT molecular complexity index is 313. The van der Waals surface area contributed by atoms with Crippen molar-refractivity contribution in [2.24, 2.45) is 0 Å². The number of thiocarbonyl (C=S) groups is 1. The Labute approximate surface area is 118 Å². The largest absolute Gasteiger partial charge is 0.485 e. The molecule has 1 N–H and O–H groups in total. The summed E-state index contributed by atoms with van der Waals surface area (Å²) in [5, 5.41) is 2.64. The van der Waals surface area contributed by atoms with Crippen LogP contribution in [-0.2, 0) is 14.3 Å². The molecule has 0 aliphatic carbocycles. The second-order valence-corrected chi connectivity index (χ2v) is 5.50. The molecule has 0 saturated heterocycles. The van der Waals surface area contributed by atoms with Gasteiger partial charge in [0.15, 0.2) is 10.2 Å². The summed E-state index contributed by atoms with van der Waals surface area (Å²) >= 11 is 8.51. The molecule has 5 nitrogen and oxygen atoms in total. The van der Waals surface area contributed by atoms with E-state index >= 15 is 0 Å². The van der Waals surface area contributed by atoms with Crippen molar-refractivity contribution in [3.63, 3.8) is 0 Å². The van der Waals surface area contributed by atoms with Gasteiger partial charge in [-0.2, -0.15) is 0 Å². The maximum absolute atomic E-state index is 11.2. The standard InChI is InChI=1S/C11H19NO4S2/c1-11(2,3)16-10(14)12-6-7-15-9(18)5-4-8(13)17/h4-7H2,1-3H3,(H,12,14)(H,13,17). The van der Waals surface area contributed by atoms with E-state index < -0.39 is 11.7 Å². The van der Waals surface area contributed by atoms with E-state index in [-0.39, 0.29) is 18.1 Å². The molecule has 0 aromatic carbocycles. The molecule has 0 heterocycles. The maximum atomic E-state index is 11.2. The van der Waals surface area contributed by atoms with Gasteiger partial charge in [0.05, 0.1) is 6.54 Å². The highest BCUT2D eigenvalue weighted by atomic mass is 32.1. The molecule has 18 heavy (non-hydrogen) atoms. The Morgan fingerprint density at radius 2 is 1.89 bits per heavy atom. The lowest BCUT2D eigenvalue weighted by molar-refractivity contribution is -0.110. The minimum Gasteiger partial charge on any atom is -0.485 e. The van der Waals surface area contributed by atoms with E-state index in [0.29, 0.717) is 18.0 Å². The van der Waals surface area contributed by atoms with Gasteiger partial charge >= 0.3 is 6.09 Å². The SMILES string of the molecule is CC(C)(C)OC(=O)NCCOC(=S)CCC(=O)S. The van der Waals surface area contributed by atoms with E-state index in [1.165, 1.54) is 0 Å². The van der Waals surface area contributed by atoms with Gasteiger partial charge in [0.2, 0.25) is 0 Å². The quantitative estimate of drug-likeness (QED) is 0.446. The van der Waals surface area contributed by atoms with Crippen LogP contribution in [0.25, 0.3) is 0 Å². The van der Waals surface area contributed by atoms with Crippen molar-refractivity contribution >= 4 is 41.1 Å². The number of alkyl carbamates (subject to hydrolysis) is 1. The topological polar surface area (TPSA) is 64.6 Å². The van der Waals surface area contributed by atoms with Crippen molar-refractivity contribution in [1.82, 2.24) is 5.32 Å². The first-order chi connectivity index (χ1) is 8.20. The third-order valence-corrected chi connectivity index (χ3v) is 2.12. The van der Waals surface area contributed by atoms with Crippen LogP contribution in [0.1, 0.15) is 33.6 Å². The molecule has 0 atom stereocenters. The zero-order valence-corrected chi connectivity index (χ0v) is 12.5. The monoisotopic (exact) mass is 293 g/mol. The number of ether oxygens (including phenoxy) is 2. The molecule has 0 aromatic heterocycles. The minimum absolute atomic E-state index is 0.229. The summed E-state index contributed by atoms with van der Waals surface area (Å²) in [6.07, 6.45) is 0.119. The normalized spacial score (nSPS) is 10.7.